The number of fused-ring (bicyclic) bond motifs is 1. The van der Waals surface area contributed by atoms with Crippen molar-refractivity contribution in [1.29, 1.82) is 0 Å². The van der Waals surface area contributed by atoms with Gasteiger partial charge in [-0.2, -0.15) is 0 Å². The Balaban J connectivity index is 2.33. The Hall–Kier alpha value is -3.13. The number of aliphatic hydroxyl groups excluding tert-OH is 1. The number of rotatable bonds is 3. The summed E-state index contributed by atoms with van der Waals surface area (Å²) in [6.07, 6.45) is 0. The van der Waals surface area contributed by atoms with Crippen molar-refractivity contribution in [3.05, 3.63) is 71.4 Å². The fourth-order valence-electron chi connectivity index (χ4n) is 2.62. The highest BCUT2D eigenvalue weighted by molar-refractivity contribution is 7.89. The van der Waals surface area contributed by atoms with Gasteiger partial charge in [0.2, 0.25) is 11.7 Å². The first-order chi connectivity index (χ1) is 11.8. The molecule has 1 heterocycles. The second-order valence-electron chi connectivity index (χ2n) is 5.37. The number of amides is 1. The van der Waals surface area contributed by atoms with E-state index in [0.29, 0.717) is 4.31 Å². The number of carbonyl (C=O) groups is 2. The molecule has 1 aliphatic heterocycles. The average Bonchev–Trinajstić information content (AvgIpc) is 2.60. The Morgan fingerprint density at radius 2 is 1.64 bits per heavy atom. The number of sulfonamides is 1. The van der Waals surface area contributed by atoms with Gasteiger partial charge in [-0.15, -0.1) is 0 Å². The highest BCUT2D eigenvalue weighted by atomic mass is 32.2. The van der Waals surface area contributed by atoms with Gasteiger partial charge in [-0.05, 0) is 12.1 Å². The Kier molecular flexibility index (Phi) is 4.05. The summed E-state index contributed by atoms with van der Waals surface area (Å²) in [6, 6.07) is 13.6. The zero-order valence-electron chi connectivity index (χ0n) is 12.9. The number of aliphatic hydroxyl groups is 1. The van der Waals surface area contributed by atoms with E-state index in [4.69, 9.17) is 5.73 Å². The molecule has 0 aliphatic carbocycles. The molecule has 128 valence electrons. The number of benzene rings is 2. The van der Waals surface area contributed by atoms with E-state index in [1.807, 2.05) is 0 Å². The summed E-state index contributed by atoms with van der Waals surface area (Å²) in [4.78, 5) is 24.0. The van der Waals surface area contributed by atoms with Gasteiger partial charge in [-0.25, -0.2) is 12.7 Å². The number of hydrogen-bond donors (Lipinski definition) is 2. The van der Waals surface area contributed by atoms with Crippen LogP contribution in [0.4, 0.5) is 0 Å². The molecular formula is C17H14N2O5S. The van der Waals surface area contributed by atoms with Crippen LogP contribution in [0.15, 0.2) is 65.2 Å². The minimum absolute atomic E-state index is 0.0688. The number of ketones is 1. The van der Waals surface area contributed by atoms with Crippen molar-refractivity contribution in [3.8, 4) is 0 Å². The molecule has 0 aromatic heterocycles. The first kappa shape index (κ1) is 16.7. The molecule has 0 saturated heterocycles. The molecule has 3 rings (SSSR count). The summed E-state index contributed by atoms with van der Waals surface area (Å²) in [6.45, 7) is -0.755. The molecule has 0 fully saturated rings. The summed E-state index contributed by atoms with van der Waals surface area (Å²) in [5.41, 5.74) is 4.83. The molecule has 3 N–H and O–H groups in total. The molecular weight excluding hydrogens is 344 g/mol. The largest absolute Gasteiger partial charge is 0.505 e. The van der Waals surface area contributed by atoms with Crippen LogP contribution >= 0.6 is 0 Å². The minimum Gasteiger partial charge on any atom is -0.505 e. The highest BCUT2D eigenvalue weighted by Gasteiger charge is 2.42. The van der Waals surface area contributed by atoms with Crippen LogP contribution in [-0.4, -0.2) is 36.1 Å². The number of hydrogen-bond acceptors (Lipinski definition) is 5. The number of primary amides is 1. The topological polar surface area (TPSA) is 118 Å². The Bertz CT molecular complexity index is 997. The second-order valence-corrected chi connectivity index (χ2v) is 7.20. The van der Waals surface area contributed by atoms with Crippen LogP contribution in [0.5, 0.6) is 0 Å². The summed E-state index contributed by atoms with van der Waals surface area (Å²) in [5, 5.41) is 10.6. The monoisotopic (exact) mass is 358 g/mol. The lowest BCUT2D eigenvalue weighted by atomic mass is 10.0. The zero-order chi connectivity index (χ0) is 18.2. The van der Waals surface area contributed by atoms with Gasteiger partial charge in [-0.3, -0.25) is 9.59 Å². The van der Waals surface area contributed by atoms with Crippen molar-refractivity contribution >= 4 is 27.5 Å². The number of nitrogens with two attached hydrogens (primary N) is 1. The Morgan fingerprint density at radius 3 is 2.28 bits per heavy atom. The van der Waals surface area contributed by atoms with Crippen LogP contribution in [0, 0.1) is 0 Å². The van der Waals surface area contributed by atoms with E-state index in [2.05, 4.69) is 0 Å². The molecule has 0 unspecified atom stereocenters. The van der Waals surface area contributed by atoms with Crippen molar-refractivity contribution in [3.63, 3.8) is 0 Å². The van der Waals surface area contributed by atoms with Crippen LogP contribution in [0.2, 0.25) is 0 Å². The maximum atomic E-state index is 12.9. The van der Waals surface area contributed by atoms with Crippen LogP contribution in [0.1, 0.15) is 15.9 Å². The molecule has 25 heavy (non-hydrogen) atoms. The molecule has 2 aromatic carbocycles. The van der Waals surface area contributed by atoms with Gasteiger partial charge >= 0.3 is 0 Å². The molecule has 1 aliphatic rings. The van der Waals surface area contributed by atoms with Gasteiger partial charge in [0.05, 0.1) is 4.90 Å². The van der Waals surface area contributed by atoms with Gasteiger partial charge in [0, 0.05) is 11.1 Å². The SMILES string of the molecule is NC(=O)CN1C(=C(O)c2ccccc2)C(=O)c2ccccc2S1(=O)=O. The lowest BCUT2D eigenvalue weighted by Gasteiger charge is -2.30. The van der Waals surface area contributed by atoms with Crippen LogP contribution in [0.25, 0.3) is 5.76 Å². The second kappa shape index (κ2) is 6.06. The van der Waals surface area contributed by atoms with Crippen LogP contribution in [-0.2, 0) is 14.8 Å². The van der Waals surface area contributed by atoms with E-state index in [9.17, 15) is 23.1 Å². The molecule has 0 radical (unpaired) electrons. The molecule has 0 saturated carbocycles. The summed E-state index contributed by atoms with van der Waals surface area (Å²) in [7, 11) is -4.22. The first-order valence-corrected chi connectivity index (χ1v) is 8.71. The first-order valence-electron chi connectivity index (χ1n) is 7.27. The van der Waals surface area contributed by atoms with Gasteiger partial charge in [-0.1, -0.05) is 42.5 Å². The third kappa shape index (κ3) is 2.76. The van der Waals surface area contributed by atoms with Crippen molar-refractivity contribution in [2.24, 2.45) is 5.73 Å². The quantitative estimate of drug-likeness (QED) is 0.633. The van der Waals surface area contributed by atoms with Gasteiger partial charge in [0.15, 0.2) is 5.76 Å². The average molecular weight is 358 g/mol. The molecule has 8 heteroatoms. The van der Waals surface area contributed by atoms with Gasteiger partial charge in [0.25, 0.3) is 10.0 Å². The lowest BCUT2D eigenvalue weighted by Crippen LogP contribution is -2.44. The predicted octanol–water partition coefficient (Wildman–Crippen LogP) is 1.29. The van der Waals surface area contributed by atoms with Crippen molar-refractivity contribution in [2.75, 3.05) is 6.54 Å². The van der Waals surface area contributed by atoms with Crippen molar-refractivity contribution in [2.45, 2.75) is 4.90 Å². The van der Waals surface area contributed by atoms with Crippen LogP contribution in [0.3, 0.4) is 0 Å². The molecule has 0 atom stereocenters. The highest BCUT2D eigenvalue weighted by Crippen LogP contribution is 2.34. The Morgan fingerprint density at radius 1 is 1.04 bits per heavy atom. The fraction of sp³-hybridized carbons (Fsp3) is 0.0588. The lowest BCUT2D eigenvalue weighted by molar-refractivity contribution is -0.117. The Labute approximate surface area is 144 Å². The molecule has 0 bridgehead atoms. The van der Waals surface area contributed by atoms with Crippen molar-refractivity contribution in [1.82, 2.24) is 4.31 Å². The van der Waals surface area contributed by atoms with E-state index in [1.54, 1.807) is 18.2 Å². The van der Waals surface area contributed by atoms with Crippen LogP contribution < -0.4 is 5.73 Å². The van der Waals surface area contributed by atoms with E-state index in [0.717, 1.165) is 0 Å². The fourth-order valence-corrected chi connectivity index (χ4v) is 4.26. The van der Waals surface area contributed by atoms with Gasteiger partial charge < -0.3 is 10.8 Å². The molecule has 0 spiro atoms. The molecule has 1 amide bonds. The smallest absolute Gasteiger partial charge is 0.265 e. The van der Waals surface area contributed by atoms with Gasteiger partial charge in [0.1, 0.15) is 12.2 Å². The summed E-state index contributed by atoms with van der Waals surface area (Å²) in [5.74, 6) is -2.19. The summed E-state index contributed by atoms with van der Waals surface area (Å²) < 4.78 is 26.3. The van der Waals surface area contributed by atoms with E-state index >= 15 is 0 Å². The third-order valence-corrected chi connectivity index (χ3v) is 5.54. The van der Waals surface area contributed by atoms with E-state index in [1.165, 1.54) is 36.4 Å². The summed E-state index contributed by atoms with van der Waals surface area (Å²) >= 11 is 0. The number of allylic oxidation sites excluding steroid dienone is 1. The van der Waals surface area contributed by atoms with E-state index < -0.39 is 39.7 Å². The van der Waals surface area contributed by atoms with E-state index in [-0.39, 0.29) is 16.0 Å². The number of carbonyl (C=O) groups excluding carboxylic acids is 2. The number of Topliss-reactive ketones (excluding diaryl/α,β-unsaturated/α-hetero) is 1. The molecule has 7 nitrogen and oxygen atoms in total. The predicted molar refractivity (Wildman–Crippen MR) is 89.8 cm³/mol. The minimum atomic E-state index is -4.22. The van der Waals surface area contributed by atoms with Crippen molar-refractivity contribution < 1.29 is 23.1 Å². The standard InChI is InChI=1S/C17H14N2O5S/c18-14(20)10-19-15(16(21)11-6-2-1-3-7-11)17(22)12-8-4-5-9-13(12)25(19,23)24/h1-9,21H,10H2,(H2,18,20). The maximum Gasteiger partial charge on any atom is 0.265 e. The maximum absolute atomic E-state index is 12.9. The molecule has 2 aromatic rings. The third-order valence-electron chi connectivity index (χ3n) is 3.74. The normalized spacial score (nSPS) is 17.8. The number of nitrogens with zero attached hydrogens (tertiary/aromatic N) is 1. The zero-order valence-corrected chi connectivity index (χ0v) is 13.7.